The Kier molecular flexibility index (Phi) is 6.84. The number of aliphatic imine (C=N–C) groups is 1. The molecule has 0 aliphatic carbocycles. The van der Waals surface area contributed by atoms with Gasteiger partial charge in [0.1, 0.15) is 6.10 Å². The number of guanidine groups is 1. The van der Waals surface area contributed by atoms with Crippen LogP contribution in [0, 0.1) is 0 Å². The van der Waals surface area contributed by atoms with Crippen LogP contribution in [0.5, 0.6) is 23.0 Å². The lowest BCUT2D eigenvalue weighted by atomic mass is 10.2. The normalized spacial score (nSPS) is 13.8. The van der Waals surface area contributed by atoms with E-state index in [4.69, 9.17) is 18.9 Å². The molecule has 0 saturated carbocycles. The molecule has 0 radical (unpaired) electrons. The molecule has 1 heterocycles. The number of hydrogen-bond acceptors (Lipinski definition) is 5. The van der Waals surface area contributed by atoms with Gasteiger partial charge in [-0.3, -0.25) is 0 Å². The van der Waals surface area contributed by atoms with Crippen LogP contribution in [-0.4, -0.2) is 39.1 Å². The Labute approximate surface area is 165 Å². The molecule has 0 fully saturated rings. The van der Waals surface area contributed by atoms with E-state index in [9.17, 15) is 0 Å². The summed E-state index contributed by atoms with van der Waals surface area (Å²) in [5.41, 5.74) is 1.06. The molecule has 1 aliphatic heterocycles. The average molecular weight is 385 g/mol. The van der Waals surface area contributed by atoms with Gasteiger partial charge >= 0.3 is 0 Å². The van der Waals surface area contributed by atoms with Gasteiger partial charge in [0.25, 0.3) is 0 Å². The molecule has 1 aliphatic rings. The highest BCUT2D eigenvalue weighted by atomic mass is 16.7. The number of fused-ring (bicyclic) bond motifs is 1. The van der Waals surface area contributed by atoms with Crippen LogP contribution in [0.25, 0.3) is 0 Å². The molecule has 0 amide bonds. The van der Waals surface area contributed by atoms with Crippen molar-refractivity contribution in [3.63, 3.8) is 0 Å². The van der Waals surface area contributed by atoms with Gasteiger partial charge in [0.2, 0.25) is 6.79 Å². The van der Waals surface area contributed by atoms with Crippen LogP contribution in [0.15, 0.2) is 47.5 Å². The first-order valence-electron chi connectivity index (χ1n) is 9.40. The second-order valence-electron chi connectivity index (χ2n) is 6.34. The van der Waals surface area contributed by atoms with Crippen LogP contribution in [0.1, 0.15) is 19.4 Å². The summed E-state index contributed by atoms with van der Waals surface area (Å²) in [6.07, 6.45) is -0.0642. The fraction of sp³-hybridized carbons (Fsp3) is 0.381. The molecule has 150 valence electrons. The fourth-order valence-corrected chi connectivity index (χ4v) is 2.77. The molecule has 0 saturated heterocycles. The third kappa shape index (κ3) is 5.22. The zero-order valence-electron chi connectivity index (χ0n) is 16.5. The van der Waals surface area contributed by atoms with E-state index in [2.05, 4.69) is 15.6 Å². The maximum atomic E-state index is 5.98. The van der Waals surface area contributed by atoms with E-state index in [1.165, 1.54) is 0 Å². The quantitative estimate of drug-likeness (QED) is 0.538. The molecule has 7 nitrogen and oxygen atoms in total. The van der Waals surface area contributed by atoms with Gasteiger partial charge in [-0.15, -0.1) is 0 Å². The van der Waals surface area contributed by atoms with E-state index < -0.39 is 0 Å². The van der Waals surface area contributed by atoms with E-state index >= 15 is 0 Å². The van der Waals surface area contributed by atoms with Crippen molar-refractivity contribution < 1.29 is 18.9 Å². The van der Waals surface area contributed by atoms with Crippen LogP contribution in [0.4, 0.5) is 0 Å². The summed E-state index contributed by atoms with van der Waals surface area (Å²) in [4.78, 5) is 4.64. The molecule has 28 heavy (non-hydrogen) atoms. The Morgan fingerprint density at radius 3 is 2.68 bits per heavy atom. The van der Waals surface area contributed by atoms with Crippen molar-refractivity contribution in [2.45, 2.75) is 26.5 Å². The van der Waals surface area contributed by atoms with Gasteiger partial charge in [0, 0.05) is 6.54 Å². The number of nitrogens with zero attached hydrogens (tertiary/aromatic N) is 1. The van der Waals surface area contributed by atoms with Crippen LogP contribution in [-0.2, 0) is 6.54 Å². The Hall–Kier alpha value is -3.09. The Bertz CT molecular complexity index is 810. The number of nitrogens with one attached hydrogen (secondary N) is 2. The van der Waals surface area contributed by atoms with Gasteiger partial charge in [-0.2, -0.15) is 0 Å². The predicted molar refractivity (Wildman–Crippen MR) is 108 cm³/mol. The molecular weight excluding hydrogens is 358 g/mol. The van der Waals surface area contributed by atoms with E-state index in [0.717, 1.165) is 41.1 Å². The number of benzene rings is 2. The van der Waals surface area contributed by atoms with Crippen LogP contribution in [0.3, 0.4) is 0 Å². The summed E-state index contributed by atoms with van der Waals surface area (Å²) in [5.74, 6) is 3.72. The summed E-state index contributed by atoms with van der Waals surface area (Å²) >= 11 is 0. The zero-order valence-corrected chi connectivity index (χ0v) is 16.5. The molecule has 7 heteroatoms. The van der Waals surface area contributed by atoms with Crippen LogP contribution in [0.2, 0.25) is 0 Å². The topological polar surface area (TPSA) is 73.3 Å². The minimum absolute atomic E-state index is 0.0642. The first-order chi connectivity index (χ1) is 13.7. The summed E-state index contributed by atoms with van der Waals surface area (Å²) in [6, 6.07) is 13.5. The third-order valence-corrected chi connectivity index (χ3v) is 4.16. The van der Waals surface area contributed by atoms with Crippen molar-refractivity contribution in [3.8, 4) is 23.0 Å². The van der Waals surface area contributed by atoms with Crippen molar-refractivity contribution >= 4 is 5.96 Å². The smallest absolute Gasteiger partial charge is 0.231 e. The number of rotatable bonds is 8. The van der Waals surface area contributed by atoms with Crippen molar-refractivity contribution in [1.29, 1.82) is 0 Å². The lowest BCUT2D eigenvalue weighted by Crippen LogP contribution is -2.41. The minimum Gasteiger partial charge on any atom is -0.493 e. The first-order valence-corrected chi connectivity index (χ1v) is 9.40. The van der Waals surface area contributed by atoms with E-state index in [0.29, 0.717) is 13.1 Å². The fourth-order valence-electron chi connectivity index (χ4n) is 2.77. The van der Waals surface area contributed by atoms with Gasteiger partial charge in [-0.25, -0.2) is 4.99 Å². The van der Waals surface area contributed by atoms with E-state index in [1.54, 1.807) is 7.11 Å². The van der Waals surface area contributed by atoms with Crippen LogP contribution >= 0.6 is 0 Å². The largest absolute Gasteiger partial charge is 0.493 e. The maximum absolute atomic E-state index is 5.98. The monoisotopic (exact) mass is 385 g/mol. The summed E-state index contributed by atoms with van der Waals surface area (Å²) in [6.45, 7) is 6.22. The molecular formula is C21H27N3O4. The molecule has 0 spiro atoms. The predicted octanol–water partition coefficient (Wildman–Crippen LogP) is 2.95. The molecule has 0 bridgehead atoms. The summed E-state index contributed by atoms with van der Waals surface area (Å²) in [7, 11) is 1.64. The summed E-state index contributed by atoms with van der Waals surface area (Å²) in [5, 5.41) is 6.57. The average Bonchev–Trinajstić information content (AvgIpc) is 3.18. The van der Waals surface area contributed by atoms with Gasteiger partial charge in [0.15, 0.2) is 29.0 Å². The molecule has 1 unspecified atom stereocenters. The second kappa shape index (κ2) is 9.73. The van der Waals surface area contributed by atoms with Crippen molar-refractivity contribution in [2.24, 2.45) is 4.99 Å². The molecule has 3 rings (SSSR count). The van der Waals surface area contributed by atoms with Crippen molar-refractivity contribution in [2.75, 3.05) is 27.0 Å². The first kappa shape index (κ1) is 19.7. The molecule has 2 aromatic rings. The zero-order chi connectivity index (χ0) is 19.8. The van der Waals surface area contributed by atoms with Gasteiger partial charge in [-0.1, -0.05) is 18.2 Å². The standard InChI is InChI=1S/C21H27N3O4/c1-4-22-21(24-13-16-9-10-18-20(11-16)27-14-26-18)23-12-15(2)28-19-8-6-5-7-17(19)25-3/h5-11,15H,4,12-14H2,1-3H3,(H2,22,23,24). The van der Waals surface area contributed by atoms with Gasteiger partial charge in [-0.05, 0) is 43.7 Å². The Morgan fingerprint density at radius 1 is 1.11 bits per heavy atom. The van der Waals surface area contributed by atoms with E-state index in [-0.39, 0.29) is 12.9 Å². The minimum atomic E-state index is -0.0642. The Balaban J connectivity index is 1.55. The third-order valence-electron chi connectivity index (χ3n) is 4.16. The van der Waals surface area contributed by atoms with Gasteiger partial charge in [0.05, 0.1) is 20.2 Å². The van der Waals surface area contributed by atoms with E-state index in [1.807, 2.05) is 56.3 Å². The van der Waals surface area contributed by atoms with Crippen molar-refractivity contribution in [3.05, 3.63) is 48.0 Å². The van der Waals surface area contributed by atoms with Gasteiger partial charge < -0.3 is 29.6 Å². The lowest BCUT2D eigenvalue weighted by molar-refractivity contribution is 0.174. The lowest BCUT2D eigenvalue weighted by Gasteiger charge is -2.19. The molecule has 0 aromatic heterocycles. The van der Waals surface area contributed by atoms with Crippen molar-refractivity contribution in [1.82, 2.24) is 10.6 Å². The number of ether oxygens (including phenoxy) is 4. The summed E-state index contributed by atoms with van der Waals surface area (Å²) < 4.78 is 22.1. The molecule has 2 N–H and O–H groups in total. The number of hydrogen-bond donors (Lipinski definition) is 2. The highest BCUT2D eigenvalue weighted by molar-refractivity contribution is 5.79. The molecule has 1 atom stereocenters. The number of methoxy groups -OCH3 is 1. The highest BCUT2D eigenvalue weighted by Crippen LogP contribution is 2.32. The molecule has 2 aromatic carbocycles. The van der Waals surface area contributed by atoms with Crippen LogP contribution < -0.4 is 29.6 Å². The maximum Gasteiger partial charge on any atom is 0.231 e. The SMILES string of the molecule is CCNC(=NCc1ccc2c(c1)OCO2)NCC(C)Oc1ccccc1OC. The highest BCUT2D eigenvalue weighted by Gasteiger charge is 2.13. The Morgan fingerprint density at radius 2 is 1.89 bits per heavy atom. The number of para-hydroxylation sites is 2. The second-order valence-corrected chi connectivity index (χ2v) is 6.34.